The Balaban J connectivity index is 0.000000124. The van der Waals surface area contributed by atoms with E-state index in [0.29, 0.717) is 0 Å². The molecule has 3 rings (SSSR count). The van der Waals surface area contributed by atoms with Crippen LogP contribution >= 0.6 is 0 Å². The number of hydrogen-bond donors (Lipinski definition) is 0. The number of hydrogen-bond acceptors (Lipinski definition) is 4. The Labute approximate surface area is 86.5 Å². The molecule has 5 nitrogen and oxygen atoms in total. The van der Waals surface area contributed by atoms with Gasteiger partial charge >= 0.3 is 0 Å². The first-order valence-corrected chi connectivity index (χ1v) is 4.41. The largest absolute Gasteiger partial charge is 0.290 e. The first-order valence-electron chi connectivity index (χ1n) is 4.41. The van der Waals surface area contributed by atoms with E-state index >= 15 is 0 Å². The minimum atomic E-state index is 0.935. The molecule has 3 aromatic heterocycles. The lowest BCUT2D eigenvalue weighted by molar-refractivity contribution is 1.03. The van der Waals surface area contributed by atoms with Gasteiger partial charge in [0.25, 0.3) is 0 Å². The molecule has 0 saturated heterocycles. The highest BCUT2D eigenvalue weighted by Gasteiger charge is 1.86. The minimum Gasteiger partial charge on any atom is -0.290 e. The summed E-state index contributed by atoms with van der Waals surface area (Å²) in [5.41, 5.74) is 0.935. The summed E-state index contributed by atoms with van der Waals surface area (Å²) >= 11 is 0. The number of nitrogens with zero attached hydrogens (tertiary/aromatic N) is 5. The Hall–Kier alpha value is -2.30. The fourth-order valence-electron chi connectivity index (χ4n) is 1.02. The lowest BCUT2D eigenvalue weighted by atomic mass is 10.6. The lowest BCUT2D eigenvalue weighted by Crippen LogP contribution is -1.81. The van der Waals surface area contributed by atoms with Crippen molar-refractivity contribution in [2.75, 3.05) is 0 Å². The van der Waals surface area contributed by atoms with Gasteiger partial charge in [-0.2, -0.15) is 10.2 Å². The topological polar surface area (TPSA) is 56.0 Å². The van der Waals surface area contributed by atoms with Crippen molar-refractivity contribution in [2.45, 2.75) is 0 Å². The molecule has 3 heterocycles. The van der Waals surface area contributed by atoms with Gasteiger partial charge in [0.05, 0.1) is 0 Å². The predicted molar refractivity (Wildman–Crippen MR) is 55.0 cm³/mol. The van der Waals surface area contributed by atoms with E-state index in [0.717, 1.165) is 5.65 Å². The van der Waals surface area contributed by atoms with E-state index in [-0.39, 0.29) is 0 Å². The highest BCUT2D eigenvalue weighted by atomic mass is 15.1. The van der Waals surface area contributed by atoms with Crippen LogP contribution in [0.2, 0.25) is 0 Å². The summed E-state index contributed by atoms with van der Waals surface area (Å²) in [6, 6.07) is 5.51. The van der Waals surface area contributed by atoms with Crippen molar-refractivity contribution in [3.05, 3.63) is 55.5 Å². The summed E-state index contributed by atoms with van der Waals surface area (Å²) < 4.78 is 1.86. The molecule has 0 aromatic carbocycles. The molecule has 0 saturated carbocycles. The second-order valence-electron chi connectivity index (χ2n) is 2.69. The first kappa shape index (κ1) is 9.26. The van der Waals surface area contributed by atoms with Crippen LogP contribution in [0.4, 0.5) is 0 Å². The van der Waals surface area contributed by atoms with E-state index in [2.05, 4.69) is 20.2 Å². The molecular formula is C10H9N5. The molecule has 0 fully saturated rings. The zero-order valence-corrected chi connectivity index (χ0v) is 7.93. The average Bonchev–Trinajstić information content (AvgIpc) is 2.80. The lowest BCUT2D eigenvalue weighted by Gasteiger charge is -1.85. The van der Waals surface area contributed by atoms with E-state index in [1.807, 2.05) is 28.8 Å². The normalized spacial score (nSPS) is 9.33. The summed E-state index contributed by atoms with van der Waals surface area (Å²) in [4.78, 5) is 7.95. The number of fused-ring (bicyclic) bond motifs is 1. The molecule has 15 heavy (non-hydrogen) atoms. The van der Waals surface area contributed by atoms with Gasteiger partial charge in [-0.1, -0.05) is 0 Å². The molecule has 0 amide bonds. The highest BCUT2D eigenvalue weighted by Crippen LogP contribution is 1.94. The van der Waals surface area contributed by atoms with Gasteiger partial charge in [0.1, 0.15) is 12.0 Å². The van der Waals surface area contributed by atoms with Crippen LogP contribution in [0.5, 0.6) is 0 Å². The van der Waals surface area contributed by atoms with Gasteiger partial charge in [-0.05, 0) is 18.2 Å². The second-order valence-corrected chi connectivity index (χ2v) is 2.69. The summed E-state index contributed by atoms with van der Waals surface area (Å²) in [7, 11) is 0. The van der Waals surface area contributed by atoms with Crippen molar-refractivity contribution >= 4 is 5.65 Å². The van der Waals surface area contributed by atoms with Crippen LogP contribution in [0.3, 0.4) is 0 Å². The summed E-state index contributed by atoms with van der Waals surface area (Å²) in [5, 5.41) is 7.07. The Bertz CT molecular complexity index is 448. The number of aromatic nitrogens is 5. The van der Waals surface area contributed by atoms with E-state index in [9.17, 15) is 0 Å². The molecule has 0 N–H and O–H groups in total. The van der Waals surface area contributed by atoms with Crippen molar-refractivity contribution in [1.82, 2.24) is 24.6 Å². The van der Waals surface area contributed by atoms with E-state index in [4.69, 9.17) is 0 Å². The van der Waals surface area contributed by atoms with Gasteiger partial charge in [-0.15, -0.1) is 0 Å². The fourth-order valence-corrected chi connectivity index (χ4v) is 1.02. The van der Waals surface area contributed by atoms with Gasteiger partial charge < -0.3 is 0 Å². The van der Waals surface area contributed by atoms with Crippen LogP contribution < -0.4 is 0 Å². The summed E-state index contributed by atoms with van der Waals surface area (Å²) in [5.74, 6) is 0. The zero-order chi connectivity index (χ0) is 10.3. The molecule has 3 aromatic rings. The van der Waals surface area contributed by atoms with Gasteiger partial charge in [0, 0.05) is 31.0 Å². The monoisotopic (exact) mass is 199 g/mol. The van der Waals surface area contributed by atoms with Crippen LogP contribution in [0.1, 0.15) is 0 Å². The first-order chi connectivity index (χ1) is 7.47. The molecule has 74 valence electrons. The van der Waals surface area contributed by atoms with Crippen molar-refractivity contribution in [3.63, 3.8) is 0 Å². The van der Waals surface area contributed by atoms with Gasteiger partial charge in [-0.25, -0.2) is 9.97 Å². The average molecular weight is 199 g/mol. The number of rotatable bonds is 0. The Kier molecular flexibility index (Phi) is 2.97. The van der Waals surface area contributed by atoms with E-state index < -0.39 is 0 Å². The molecule has 0 aliphatic rings. The third-order valence-corrected chi connectivity index (χ3v) is 1.68. The molecule has 0 aliphatic heterocycles. The smallest absolute Gasteiger partial charge is 0.139 e. The SMILES string of the molecule is c1cc2nccn2cn1.c1ccnnc1. The van der Waals surface area contributed by atoms with E-state index in [1.54, 1.807) is 31.1 Å². The molecule has 0 bridgehead atoms. The van der Waals surface area contributed by atoms with Crippen LogP contribution in [-0.4, -0.2) is 24.6 Å². The molecule has 0 radical (unpaired) electrons. The minimum absolute atomic E-state index is 0.935. The zero-order valence-electron chi connectivity index (χ0n) is 7.93. The Morgan fingerprint density at radius 3 is 2.33 bits per heavy atom. The van der Waals surface area contributed by atoms with Crippen LogP contribution in [0, 0.1) is 0 Å². The molecule has 0 aliphatic carbocycles. The highest BCUT2D eigenvalue weighted by molar-refractivity contribution is 5.34. The molecule has 5 heteroatoms. The van der Waals surface area contributed by atoms with E-state index in [1.165, 1.54) is 0 Å². The third kappa shape index (κ3) is 2.57. The molecule has 0 unspecified atom stereocenters. The third-order valence-electron chi connectivity index (χ3n) is 1.68. The second kappa shape index (κ2) is 4.80. The maximum absolute atomic E-state index is 4.04. The van der Waals surface area contributed by atoms with Crippen LogP contribution in [-0.2, 0) is 0 Å². The van der Waals surface area contributed by atoms with Gasteiger partial charge in [0.15, 0.2) is 0 Å². The molecule has 0 atom stereocenters. The van der Waals surface area contributed by atoms with Crippen molar-refractivity contribution in [1.29, 1.82) is 0 Å². The quantitative estimate of drug-likeness (QED) is 0.546. The predicted octanol–water partition coefficient (Wildman–Crippen LogP) is 1.21. The van der Waals surface area contributed by atoms with Gasteiger partial charge in [0.2, 0.25) is 0 Å². The fraction of sp³-hybridized carbons (Fsp3) is 0. The molecular weight excluding hydrogens is 190 g/mol. The van der Waals surface area contributed by atoms with Crippen molar-refractivity contribution in [2.24, 2.45) is 0 Å². The van der Waals surface area contributed by atoms with Crippen molar-refractivity contribution < 1.29 is 0 Å². The maximum atomic E-state index is 4.04. The summed E-state index contributed by atoms with van der Waals surface area (Å²) in [6.45, 7) is 0. The van der Waals surface area contributed by atoms with Crippen molar-refractivity contribution in [3.8, 4) is 0 Å². The Morgan fingerprint density at radius 2 is 1.73 bits per heavy atom. The van der Waals surface area contributed by atoms with Crippen LogP contribution in [0.15, 0.2) is 55.5 Å². The molecule has 0 spiro atoms. The van der Waals surface area contributed by atoms with Gasteiger partial charge in [-0.3, -0.25) is 4.40 Å². The number of imidazole rings is 1. The summed E-state index contributed by atoms with van der Waals surface area (Å²) in [6.07, 6.45) is 10.3. The standard InChI is InChI=1S/C6H5N3.C4H4N2/c1-2-7-5-9-4-3-8-6(1)9;1-2-4-6-5-3-1/h1-5H;1-4H. The Morgan fingerprint density at radius 1 is 0.933 bits per heavy atom. The van der Waals surface area contributed by atoms with Crippen LogP contribution in [0.25, 0.3) is 5.65 Å². The maximum Gasteiger partial charge on any atom is 0.139 e.